The summed E-state index contributed by atoms with van der Waals surface area (Å²) < 4.78 is 14.2. The van der Waals surface area contributed by atoms with Crippen LogP contribution in [0.2, 0.25) is 0 Å². The Hall–Kier alpha value is -1.73. The van der Waals surface area contributed by atoms with Crippen molar-refractivity contribution < 1.29 is 9.18 Å². The molecular formula is C17H20BrFN4O. The highest BCUT2D eigenvalue weighted by molar-refractivity contribution is 9.10. The van der Waals surface area contributed by atoms with Crippen molar-refractivity contribution in [2.75, 3.05) is 20.6 Å². The third-order valence-corrected chi connectivity index (χ3v) is 5.05. The standard InChI is InChI=1S/C17H20BrFN4O/c1-23(2)13(11-4-3-5-12(19)8-11)9-20-17(24)16-14(18)15(21-22-16)10-6-7-10/h3-5,8,10,13H,6-7,9H2,1-2H3,(H,20,24)(H,21,22)/t13-/m1/s1. The number of amides is 1. The molecular weight excluding hydrogens is 375 g/mol. The van der Waals surface area contributed by atoms with Gasteiger partial charge in [-0.2, -0.15) is 5.10 Å². The first-order chi connectivity index (χ1) is 11.5. The highest BCUT2D eigenvalue weighted by Crippen LogP contribution is 2.42. The first-order valence-electron chi connectivity index (χ1n) is 7.91. The van der Waals surface area contributed by atoms with Gasteiger partial charge >= 0.3 is 0 Å². The second kappa shape index (κ2) is 7.03. The zero-order valence-electron chi connectivity index (χ0n) is 13.6. The van der Waals surface area contributed by atoms with E-state index in [4.69, 9.17) is 0 Å². The maximum atomic E-state index is 13.5. The molecule has 0 bridgehead atoms. The molecule has 1 aromatic heterocycles. The number of carbonyl (C=O) groups excluding carboxylic acids is 1. The van der Waals surface area contributed by atoms with E-state index in [9.17, 15) is 9.18 Å². The highest BCUT2D eigenvalue weighted by atomic mass is 79.9. The van der Waals surface area contributed by atoms with Crippen LogP contribution in [0.25, 0.3) is 0 Å². The van der Waals surface area contributed by atoms with Crippen LogP contribution in [0.3, 0.4) is 0 Å². The Morgan fingerprint density at radius 1 is 1.50 bits per heavy atom. The molecule has 1 atom stereocenters. The second-order valence-corrected chi connectivity index (χ2v) is 7.11. The van der Waals surface area contributed by atoms with E-state index < -0.39 is 0 Å². The summed E-state index contributed by atoms with van der Waals surface area (Å²) in [4.78, 5) is 14.4. The topological polar surface area (TPSA) is 61.0 Å². The van der Waals surface area contributed by atoms with E-state index in [1.54, 1.807) is 6.07 Å². The lowest BCUT2D eigenvalue weighted by atomic mass is 10.1. The van der Waals surface area contributed by atoms with Crippen molar-refractivity contribution in [3.05, 3.63) is 51.5 Å². The van der Waals surface area contributed by atoms with Crippen LogP contribution in [-0.4, -0.2) is 41.6 Å². The highest BCUT2D eigenvalue weighted by Gasteiger charge is 2.30. The summed E-state index contributed by atoms with van der Waals surface area (Å²) in [6, 6.07) is 6.32. The van der Waals surface area contributed by atoms with Crippen LogP contribution in [0.15, 0.2) is 28.7 Å². The van der Waals surface area contributed by atoms with Gasteiger partial charge in [0.1, 0.15) is 5.82 Å². The molecule has 0 aliphatic heterocycles. The van der Waals surface area contributed by atoms with Crippen LogP contribution in [-0.2, 0) is 0 Å². The molecule has 0 unspecified atom stereocenters. The fourth-order valence-electron chi connectivity index (χ4n) is 2.72. The van der Waals surface area contributed by atoms with Gasteiger partial charge in [0.2, 0.25) is 0 Å². The lowest BCUT2D eigenvalue weighted by Gasteiger charge is -2.25. The van der Waals surface area contributed by atoms with E-state index in [1.807, 2.05) is 25.1 Å². The van der Waals surface area contributed by atoms with Crippen molar-refractivity contribution in [1.29, 1.82) is 0 Å². The van der Waals surface area contributed by atoms with Gasteiger partial charge in [-0.15, -0.1) is 0 Å². The van der Waals surface area contributed by atoms with Gasteiger partial charge in [-0.3, -0.25) is 9.89 Å². The summed E-state index contributed by atoms with van der Waals surface area (Å²) in [5.74, 6) is -0.0432. The third kappa shape index (κ3) is 3.67. The van der Waals surface area contributed by atoms with Gasteiger partial charge in [0.25, 0.3) is 5.91 Å². The Bertz CT molecular complexity index is 742. The number of likely N-dealkylation sites (N-methyl/N-ethyl adjacent to an activating group) is 1. The van der Waals surface area contributed by atoms with Crippen molar-refractivity contribution in [1.82, 2.24) is 20.4 Å². The molecule has 5 nitrogen and oxygen atoms in total. The number of benzene rings is 1. The molecule has 1 fully saturated rings. The molecule has 1 aromatic carbocycles. The van der Waals surface area contributed by atoms with Gasteiger partial charge < -0.3 is 10.2 Å². The number of nitrogens with one attached hydrogen (secondary N) is 2. The molecule has 128 valence electrons. The zero-order valence-corrected chi connectivity index (χ0v) is 15.2. The molecule has 1 saturated carbocycles. The van der Waals surface area contributed by atoms with Crippen molar-refractivity contribution in [2.45, 2.75) is 24.8 Å². The fourth-order valence-corrected chi connectivity index (χ4v) is 3.40. The molecule has 0 spiro atoms. The van der Waals surface area contributed by atoms with Gasteiger partial charge in [0.15, 0.2) is 5.69 Å². The number of rotatable bonds is 6. The monoisotopic (exact) mass is 394 g/mol. The predicted molar refractivity (Wildman–Crippen MR) is 93.4 cm³/mol. The minimum Gasteiger partial charge on any atom is -0.349 e. The second-order valence-electron chi connectivity index (χ2n) is 6.32. The summed E-state index contributed by atoms with van der Waals surface area (Å²) in [6.45, 7) is 0.368. The maximum Gasteiger partial charge on any atom is 0.273 e. The van der Waals surface area contributed by atoms with Gasteiger partial charge in [-0.05, 0) is 60.6 Å². The lowest BCUT2D eigenvalue weighted by Crippen LogP contribution is -2.34. The van der Waals surface area contributed by atoms with Crippen molar-refractivity contribution in [3.8, 4) is 0 Å². The van der Waals surface area contributed by atoms with Crippen LogP contribution < -0.4 is 5.32 Å². The van der Waals surface area contributed by atoms with Crippen LogP contribution in [0.5, 0.6) is 0 Å². The first-order valence-corrected chi connectivity index (χ1v) is 8.70. The minimum atomic E-state index is -0.283. The number of carbonyl (C=O) groups is 1. The zero-order chi connectivity index (χ0) is 17.3. The van der Waals surface area contributed by atoms with Gasteiger partial charge in [-0.1, -0.05) is 12.1 Å². The third-order valence-electron chi connectivity index (χ3n) is 4.25. The van der Waals surface area contributed by atoms with Gasteiger partial charge in [0.05, 0.1) is 16.2 Å². The lowest BCUT2D eigenvalue weighted by molar-refractivity contribution is 0.0936. The molecule has 2 N–H and O–H groups in total. The molecule has 7 heteroatoms. The van der Waals surface area contributed by atoms with E-state index in [0.29, 0.717) is 18.2 Å². The SMILES string of the molecule is CN(C)[C@H](CNC(=O)c1n[nH]c(C2CC2)c1Br)c1cccc(F)c1. The fraction of sp³-hybridized carbons (Fsp3) is 0.412. The van der Waals surface area contributed by atoms with Gasteiger partial charge in [0, 0.05) is 12.5 Å². The van der Waals surface area contributed by atoms with E-state index in [-0.39, 0.29) is 17.8 Å². The Labute approximate surface area is 148 Å². The molecule has 3 rings (SSSR count). The summed E-state index contributed by atoms with van der Waals surface area (Å²) in [7, 11) is 3.80. The Balaban J connectivity index is 1.69. The molecule has 2 aromatic rings. The average molecular weight is 395 g/mol. The normalized spacial score (nSPS) is 15.5. The van der Waals surface area contributed by atoms with Gasteiger partial charge in [-0.25, -0.2) is 4.39 Å². The summed E-state index contributed by atoms with van der Waals surface area (Å²) in [5, 5.41) is 9.97. The van der Waals surface area contributed by atoms with E-state index in [0.717, 1.165) is 28.6 Å². The summed E-state index contributed by atoms with van der Waals surface area (Å²) in [6.07, 6.45) is 2.26. The van der Waals surface area contributed by atoms with Crippen LogP contribution in [0, 0.1) is 5.82 Å². The predicted octanol–water partition coefficient (Wildman–Crippen LogP) is 3.22. The van der Waals surface area contributed by atoms with Crippen molar-refractivity contribution in [3.63, 3.8) is 0 Å². The van der Waals surface area contributed by atoms with Crippen LogP contribution in [0.1, 0.15) is 46.5 Å². The van der Waals surface area contributed by atoms with Crippen LogP contribution >= 0.6 is 15.9 Å². The number of nitrogens with zero attached hydrogens (tertiary/aromatic N) is 2. The number of halogens is 2. The number of H-pyrrole nitrogens is 1. The summed E-state index contributed by atoms with van der Waals surface area (Å²) in [5.41, 5.74) is 2.18. The van der Waals surface area contributed by atoms with E-state index in [2.05, 4.69) is 31.4 Å². The molecule has 1 amide bonds. The molecule has 1 aliphatic carbocycles. The van der Waals surface area contributed by atoms with E-state index in [1.165, 1.54) is 12.1 Å². The minimum absolute atomic E-state index is 0.120. The molecule has 1 aliphatic rings. The molecule has 0 radical (unpaired) electrons. The summed E-state index contributed by atoms with van der Waals surface area (Å²) >= 11 is 3.47. The smallest absolute Gasteiger partial charge is 0.273 e. The van der Waals surface area contributed by atoms with Crippen molar-refractivity contribution >= 4 is 21.8 Å². The average Bonchev–Trinajstić information content (AvgIpc) is 3.29. The number of hydrogen-bond donors (Lipinski definition) is 2. The number of aromatic amines is 1. The first kappa shape index (κ1) is 17.1. The largest absolute Gasteiger partial charge is 0.349 e. The molecule has 24 heavy (non-hydrogen) atoms. The quantitative estimate of drug-likeness (QED) is 0.790. The van der Waals surface area contributed by atoms with Crippen LogP contribution in [0.4, 0.5) is 4.39 Å². The number of hydrogen-bond acceptors (Lipinski definition) is 3. The molecule has 0 saturated heterocycles. The van der Waals surface area contributed by atoms with Crippen molar-refractivity contribution in [2.24, 2.45) is 0 Å². The Kier molecular flexibility index (Phi) is 5.01. The molecule has 1 heterocycles. The Morgan fingerprint density at radius 3 is 2.88 bits per heavy atom. The Morgan fingerprint density at radius 2 is 2.25 bits per heavy atom. The number of aromatic nitrogens is 2. The van der Waals surface area contributed by atoms with E-state index >= 15 is 0 Å². The maximum absolute atomic E-state index is 13.5.